The molecule has 294 valence electrons. The molecule has 1 unspecified atom stereocenters. The second-order valence-corrected chi connectivity index (χ2v) is 15.4. The number of aromatic nitrogens is 4. The van der Waals surface area contributed by atoms with Crippen molar-refractivity contribution in [2.24, 2.45) is 0 Å². The Bertz CT molecular complexity index is 2390. The van der Waals surface area contributed by atoms with Crippen molar-refractivity contribution in [3.63, 3.8) is 0 Å². The van der Waals surface area contributed by atoms with Crippen LogP contribution in [-0.4, -0.2) is 96.9 Å². The molecule has 0 radical (unpaired) electrons. The van der Waals surface area contributed by atoms with Gasteiger partial charge >= 0.3 is 0 Å². The first-order valence-electron chi connectivity index (χ1n) is 19.7. The van der Waals surface area contributed by atoms with Gasteiger partial charge in [0, 0.05) is 62.3 Å². The standard InChI is InChI=1S/C42H44N8O7/c1-24-31-23-44-33(45-38(31)49(28-9-3-4-10-28)41(56)36(24)25(2)51)21-27-13-14-29(22-43-27)47-17-19-48(20-18-47)35(53)12-6-8-26-7-5-11-30-37(26)42(57)50(40(30)55)32-15-16-34(52)46-39(32)54/h5,7,11,13-14,22-23,28,32H,3-4,6,8-10,12,15-21H2,1-2H3,(H,46,52,54). The number of hydrogen-bond acceptors (Lipinski definition) is 11. The van der Waals surface area contributed by atoms with E-state index in [0.29, 0.717) is 73.4 Å². The number of aryl methyl sites for hydroxylation is 2. The molecule has 0 bridgehead atoms. The number of anilines is 1. The van der Waals surface area contributed by atoms with Crippen LogP contribution in [0.2, 0.25) is 0 Å². The number of carbonyl (C=O) groups is 6. The number of piperazine rings is 1. The molecule has 1 N–H and O–H groups in total. The van der Waals surface area contributed by atoms with Crippen LogP contribution in [0.3, 0.4) is 0 Å². The van der Waals surface area contributed by atoms with Gasteiger partial charge in [0.25, 0.3) is 17.4 Å². The highest BCUT2D eigenvalue weighted by molar-refractivity contribution is 6.24. The van der Waals surface area contributed by atoms with Gasteiger partial charge < -0.3 is 9.80 Å². The van der Waals surface area contributed by atoms with E-state index in [1.165, 1.54) is 6.92 Å². The van der Waals surface area contributed by atoms with Gasteiger partial charge in [0.2, 0.25) is 17.7 Å². The Morgan fingerprint density at radius 3 is 2.37 bits per heavy atom. The molecule has 2 saturated heterocycles. The molecular formula is C42H44N8O7. The van der Waals surface area contributed by atoms with Crippen molar-refractivity contribution in [3.05, 3.63) is 92.4 Å². The molecule has 1 atom stereocenters. The van der Waals surface area contributed by atoms with E-state index in [1.807, 2.05) is 23.2 Å². The number of carbonyl (C=O) groups excluding carboxylic acids is 6. The van der Waals surface area contributed by atoms with Crippen LogP contribution in [0, 0.1) is 6.92 Å². The summed E-state index contributed by atoms with van der Waals surface area (Å²) < 4.78 is 1.72. The molecule has 15 heteroatoms. The van der Waals surface area contributed by atoms with Crippen molar-refractivity contribution in [2.45, 2.75) is 90.1 Å². The first-order chi connectivity index (χ1) is 27.5. The summed E-state index contributed by atoms with van der Waals surface area (Å²) in [6.07, 6.45) is 9.05. The molecule has 3 aliphatic heterocycles. The highest BCUT2D eigenvalue weighted by Crippen LogP contribution is 2.33. The maximum absolute atomic E-state index is 13.6. The molecule has 1 aromatic carbocycles. The van der Waals surface area contributed by atoms with Crippen LogP contribution in [0.15, 0.2) is 47.5 Å². The Morgan fingerprint density at radius 1 is 0.895 bits per heavy atom. The summed E-state index contributed by atoms with van der Waals surface area (Å²) in [6, 6.07) is 7.98. The molecule has 5 amide bonds. The third-order valence-corrected chi connectivity index (χ3v) is 11.8. The lowest BCUT2D eigenvalue weighted by Crippen LogP contribution is -2.54. The molecule has 57 heavy (non-hydrogen) atoms. The molecule has 4 aromatic rings. The van der Waals surface area contributed by atoms with Gasteiger partial charge in [-0.15, -0.1) is 0 Å². The minimum atomic E-state index is -1.03. The average Bonchev–Trinajstić information content (AvgIpc) is 3.81. The Labute approximate surface area is 328 Å². The number of imide groups is 2. The molecule has 6 heterocycles. The van der Waals surface area contributed by atoms with Crippen molar-refractivity contribution in [1.82, 2.24) is 34.6 Å². The zero-order valence-corrected chi connectivity index (χ0v) is 32.1. The molecule has 1 saturated carbocycles. The lowest BCUT2D eigenvalue weighted by Gasteiger charge is -2.36. The predicted octanol–water partition coefficient (Wildman–Crippen LogP) is 3.48. The van der Waals surface area contributed by atoms with E-state index in [1.54, 1.807) is 35.9 Å². The van der Waals surface area contributed by atoms with E-state index in [9.17, 15) is 33.6 Å². The minimum absolute atomic E-state index is 0.00593. The fourth-order valence-electron chi connectivity index (χ4n) is 8.83. The predicted molar refractivity (Wildman–Crippen MR) is 208 cm³/mol. The van der Waals surface area contributed by atoms with E-state index in [0.717, 1.165) is 42.0 Å². The van der Waals surface area contributed by atoms with Crippen molar-refractivity contribution in [2.75, 3.05) is 31.1 Å². The third kappa shape index (κ3) is 7.10. The van der Waals surface area contributed by atoms with Crippen LogP contribution in [0.4, 0.5) is 5.69 Å². The maximum atomic E-state index is 13.6. The van der Waals surface area contributed by atoms with Gasteiger partial charge in [-0.05, 0) is 75.3 Å². The zero-order chi connectivity index (χ0) is 40.0. The molecule has 8 rings (SSSR count). The Hall–Kier alpha value is -6.12. The maximum Gasteiger partial charge on any atom is 0.263 e. The minimum Gasteiger partial charge on any atom is -0.367 e. The van der Waals surface area contributed by atoms with Gasteiger partial charge in [-0.25, -0.2) is 9.97 Å². The number of Topliss-reactive ketones (excluding diaryl/α,β-unsaturated/α-hetero) is 1. The number of hydrogen-bond donors (Lipinski definition) is 1. The lowest BCUT2D eigenvalue weighted by molar-refractivity contribution is -0.136. The highest BCUT2D eigenvalue weighted by atomic mass is 16.2. The van der Waals surface area contributed by atoms with E-state index in [-0.39, 0.29) is 59.2 Å². The van der Waals surface area contributed by atoms with Crippen LogP contribution < -0.4 is 15.8 Å². The van der Waals surface area contributed by atoms with Gasteiger partial charge in [-0.2, -0.15) is 0 Å². The van der Waals surface area contributed by atoms with Gasteiger partial charge in [-0.3, -0.25) is 53.3 Å². The number of amides is 5. The summed E-state index contributed by atoms with van der Waals surface area (Å²) in [4.78, 5) is 109. The molecule has 15 nitrogen and oxygen atoms in total. The summed E-state index contributed by atoms with van der Waals surface area (Å²) in [6.45, 7) is 5.59. The second kappa shape index (κ2) is 15.4. The number of ketones is 1. The smallest absolute Gasteiger partial charge is 0.263 e. The fourth-order valence-corrected chi connectivity index (χ4v) is 8.83. The lowest BCUT2D eigenvalue weighted by atomic mass is 9.98. The van der Waals surface area contributed by atoms with Crippen LogP contribution in [0.1, 0.15) is 118 Å². The summed E-state index contributed by atoms with van der Waals surface area (Å²) >= 11 is 0. The molecule has 0 spiro atoms. The SMILES string of the molecule is CC(=O)c1c(C)c2cnc(Cc3ccc(N4CCN(C(=O)CCCc5cccc6c5C(=O)N(C5CCC(=O)NC5=O)C6=O)CC4)cn3)nc2n(C2CCCC2)c1=O. The van der Waals surface area contributed by atoms with Gasteiger partial charge in [0.15, 0.2) is 5.78 Å². The molecule has 3 fully saturated rings. The number of nitrogens with one attached hydrogen (secondary N) is 1. The number of fused-ring (bicyclic) bond motifs is 2. The third-order valence-electron chi connectivity index (χ3n) is 11.8. The first kappa shape index (κ1) is 37.8. The number of nitrogens with zero attached hydrogens (tertiary/aromatic N) is 7. The van der Waals surface area contributed by atoms with E-state index in [4.69, 9.17) is 9.97 Å². The van der Waals surface area contributed by atoms with E-state index in [2.05, 4.69) is 15.2 Å². The van der Waals surface area contributed by atoms with Crippen LogP contribution in [0.5, 0.6) is 0 Å². The molecule has 3 aromatic heterocycles. The molecule has 1 aliphatic carbocycles. The zero-order valence-electron chi connectivity index (χ0n) is 32.1. The summed E-state index contributed by atoms with van der Waals surface area (Å²) in [5, 5.41) is 2.93. The summed E-state index contributed by atoms with van der Waals surface area (Å²) in [5.74, 6) is -1.85. The van der Waals surface area contributed by atoms with Crippen LogP contribution in [-0.2, 0) is 27.2 Å². The number of piperidine rings is 1. The second-order valence-electron chi connectivity index (χ2n) is 15.4. The van der Waals surface area contributed by atoms with E-state index < -0.39 is 29.7 Å². The average molecular weight is 773 g/mol. The molecule has 4 aliphatic rings. The number of pyridine rings is 2. The number of rotatable bonds is 10. The largest absolute Gasteiger partial charge is 0.367 e. The monoisotopic (exact) mass is 772 g/mol. The summed E-state index contributed by atoms with van der Waals surface area (Å²) in [5.41, 5.74) is 3.99. The fraction of sp³-hybridized carbons (Fsp3) is 0.429. The van der Waals surface area contributed by atoms with Gasteiger partial charge in [-0.1, -0.05) is 25.0 Å². The number of benzene rings is 1. The molecular weight excluding hydrogens is 729 g/mol. The van der Waals surface area contributed by atoms with Crippen LogP contribution in [0.25, 0.3) is 11.0 Å². The van der Waals surface area contributed by atoms with Crippen LogP contribution >= 0.6 is 0 Å². The Kier molecular flexibility index (Phi) is 10.2. The normalized spacial score (nSPS) is 18.8. The first-order valence-corrected chi connectivity index (χ1v) is 19.7. The van der Waals surface area contributed by atoms with Crippen molar-refractivity contribution >= 4 is 52.0 Å². The van der Waals surface area contributed by atoms with Crippen molar-refractivity contribution in [3.8, 4) is 0 Å². The van der Waals surface area contributed by atoms with Gasteiger partial charge in [0.05, 0.1) is 35.0 Å². The summed E-state index contributed by atoms with van der Waals surface area (Å²) in [7, 11) is 0. The Morgan fingerprint density at radius 2 is 1.67 bits per heavy atom. The highest BCUT2D eigenvalue weighted by Gasteiger charge is 2.45. The van der Waals surface area contributed by atoms with Crippen molar-refractivity contribution < 1.29 is 28.8 Å². The van der Waals surface area contributed by atoms with Gasteiger partial charge in [0.1, 0.15) is 17.5 Å². The quantitative estimate of drug-likeness (QED) is 0.184. The topological polar surface area (TPSA) is 185 Å². The van der Waals surface area contributed by atoms with Crippen molar-refractivity contribution in [1.29, 1.82) is 0 Å². The van der Waals surface area contributed by atoms with E-state index >= 15 is 0 Å². The Balaban J connectivity index is 0.859.